The number of amides is 1. The summed E-state index contributed by atoms with van der Waals surface area (Å²) in [6.45, 7) is 10.5. The number of benzene rings is 1. The van der Waals surface area contributed by atoms with Gasteiger partial charge < -0.3 is 23.7 Å². The maximum atomic E-state index is 12.9. The first-order valence-electron chi connectivity index (χ1n) is 10.9. The van der Waals surface area contributed by atoms with Crippen molar-refractivity contribution in [2.24, 2.45) is 0 Å². The molecule has 1 aromatic heterocycles. The van der Waals surface area contributed by atoms with Gasteiger partial charge in [0.15, 0.2) is 18.3 Å². The number of aliphatic hydroxyl groups excluding tert-OH is 1. The molecule has 2 heterocycles. The maximum Gasteiger partial charge on any atom is 0.509 e. The van der Waals surface area contributed by atoms with Crippen molar-refractivity contribution in [3.63, 3.8) is 0 Å². The van der Waals surface area contributed by atoms with Crippen molar-refractivity contribution >= 4 is 12.2 Å². The van der Waals surface area contributed by atoms with Crippen molar-refractivity contribution in [1.82, 2.24) is 9.88 Å². The number of hydrogen-bond acceptors (Lipinski definition) is 8. The zero-order chi connectivity index (χ0) is 24.4. The van der Waals surface area contributed by atoms with Crippen LogP contribution in [0.4, 0.5) is 9.59 Å². The number of oxazole rings is 1. The number of aromatic nitrogens is 1. The Morgan fingerprint density at radius 1 is 1.09 bits per heavy atom. The summed E-state index contributed by atoms with van der Waals surface area (Å²) < 4.78 is 21.4. The Morgan fingerprint density at radius 2 is 1.73 bits per heavy atom. The van der Waals surface area contributed by atoms with Gasteiger partial charge in [-0.2, -0.15) is 0 Å². The van der Waals surface area contributed by atoms with E-state index in [1.807, 2.05) is 24.3 Å². The highest BCUT2D eigenvalue weighted by Crippen LogP contribution is 2.28. The monoisotopic (exact) mass is 460 g/mol. The highest BCUT2D eigenvalue weighted by atomic mass is 16.7. The lowest BCUT2D eigenvalue weighted by atomic mass is 10.00. The lowest BCUT2D eigenvalue weighted by Gasteiger charge is -2.29. The Hall–Kier alpha value is -3.07. The maximum absolute atomic E-state index is 12.9. The fraction of sp³-hybridized carbons (Fsp3) is 0.542. The third-order valence-corrected chi connectivity index (χ3v) is 4.93. The Balaban J connectivity index is 1.77. The minimum atomic E-state index is -1.11. The van der Waals surface area contributed by atoms with Gasteiger partial charge in [0.05, 0.1) is 18.8 Å². The predicted molar refractivity (Wildman–Crippen MR) is 119 cm³/mol. The van der Waals surface area contributed by atoms with Crippen LogP contribution in [0.15, 0.2) is 41.3 Å². The van der Waals surface area contributed by atoms with Gasteiger partial charge in [-0.15, -0.1) is 0 Å². The van der Waals surface area contributed by atoms with E-state index in [9.17, 15) is 14.7 Å². The summed E-state index contributed by atoms with van der Waals surface area (Å²) in [4.78, 5) is 30.4. The highest BCUT2D eigenvalue weighted by Gasteiger charge is 2.47. The Labute approximate surface area is 193 Å². The standard InChI is InChI=1S/C24H32N2O7/c1-23(2,3)32-21(28)26-13-19(31-22(29)33-24(4,5)6)20(27)17(26)11-15-7-9-16(10-8-15)18-12-25-14-30-18/h7-10,12,14,17,19-20,27H,11,13H2,1-6H3/t17-,19-,20-/m0/s1. The van der Waals surface area contributed by atoms with E-state index in [1.165, 1.54) is 11.3 Å². The topological polar surface area (TPSA) is 111 Å². The van der Waals surface area contributed by atoms with E-state index >= 15 is 0 Å². The first-order valence-corrected chi connectivity index (χ1v) is 10.9. The van der Waals surface area contributed by atoms with Gasteiger partial charge in [0.1, 0.15) is 17.3 Å². The summed E-state index contributed by atoms with van der Waals surface area (Å²) in [6.07, 6.45) is -0.205. The third-order valence-electron chi connectivity index (χ3n) is 4.93. The fourth-order valence-corrected chi connectivity index (χ4v) is 3.54. The number of hydrogen-bond donors (Lipinski definition) is 1. The molecule has 3 atom stereocenters. The van der Waals surface area contributed by atoms with Gasteiger partial charge in [0.2, 0.25) is 0 Å². The average molecular weight is 461 g/mol. The van der Waals surface area contributed by atoms with Crippen molar-refractivity contribution in [2.75, 3.05) is 6.54 Å². The molecule has 0 saturated carbocycles. The minimum Gasteiger partial charge on any atom is -0.444 e. The van der Waals surface area contributed by atoms with Crippen molar-refractivity contribution in [3.8, 4) is 11.3 Å². The van der Waals surface area contributed by atoms with Crippen LogP contribution < -0.4 is 0 Å². The summed E-state index contributed by atoms with van der Waals surface area (Å²) in [6, 6.07) is 6.89. The summed E-state index contributed by atoms with van der Waals surface area (Å²) in [5, 5.41) is 11.0. The molecule has 0 unspecified atom stereocenters. The van der Waals surface area contributed by atoms with Crippen molar-refractivity contribution in [1.29, 1.82) is 0 Å². The second kappa shape index (κ2) is 9.43. The SMILES string of the molecule is CC(C)(C)OC(=O)O[C@H]1CN(C(=O)OC(C)(C)C)[C@@H](Cc2ccc(-c3cnco3)cc2)[C@@H]1O. The van der Waals surface area contributed by atoms with Gasteiger partial charge in [-0.05, 0) is 53.5 Å². The van der Waals surface area contributed by atoms with Crippen LogP contribution >= 0.6 is 0 Å². The Morgan fingerprint density at radius 3 is 2.27 bits per heavy atom. The molecule has 33 heavy (non-hydrogen) atoms. The molecule has 0 radical (unpaired) electrons. The van der Waals surface area contributed by atoms with Gasteiger partial charge >= 0.3 is 12.2 Å². The molecule has 0 bridgehead atoms. The molecule has 9 heteroatoms. The van der Waals surface area contributed by atoms with E-state index < -0.39 is 41.7 Å². The molecule has 1 N–H and O–H groups in total. The van der Waals surface area contributed by atoms with Crippen LogP contribution in [-0.2, 0) is 20.6 Å². The van der Waals surface area contributed by atoms with Gasteiger partial charge in [0, 0.05) is 5.56 Å². The average Bonchev–Trinajstić information content (AvgIpc) is 3.30. The van der Waals surface area contributed by atoms with Crippen molar-refractivity contribution in [2.45, 2.75) is 77.4 Å². The third kappa shape index (κ3) is 6.71. The molecule has 0 spiro atoms. The molecule has 0 aliphatic carbocycles. The highest BCUT2D eigenvalue weighted by molar-refractivity contribution is 5.70. The molecule has 1 fully saturated rings. The van der Waals surface area contributed by atoms with Crippen molar-refractivity contribution in [3.05, 3.63) is 42.4 Å². The van der Waals surface area contributed by atoms with E-state index in [0.29, 0.717) is 12.2 Å². The zero-order valence-corrected chi connectivity index (χ0v) is 19.9. The van der Waals surface area contributed by atoms with Crippen LogP contribution in [0.3, 0.4) is 0 Å². The fourth-order valence-electron chi connectivity index (χ4n) is 3.54. The van der Waals surface area contributed by atoms with Gasteiger partial charge in [-0.1, -0.05) is 24.3 Å². The number of aliphatic hydroxyl groups is 1. The van der Waals surface area contributed by atoms with Crippen LogP contribution in [0.25, 0.3) is 11.3 Å². The van der Waals surface area contributed by atoms with Crippen LogP contribution in [0.5, 0.6) is 0 Å². The molecule has 180 valence electrons. The number of likely N-dealkylation sites (tertiary alicyclic amines) is 1. The van der Waals surface area contributed by atoms with Crippen LogP contribution in [0.2, 0.25) is 0 Å². The Kier molecular flexibility index (Phi) is 7.02. The number of nitrogens with zero attached hydrogens (tertiary/aromatic N) is 2. The molecule has 1 saturated heterocycles. The lowest BCUT2D eigenvalue weighted by molar-refractivity contribution is -0.0486. The van der Waals surface area contributed by atoms with Gasteiger partial charge in [-0.3, -0.25) is 4.90 Å². The molecule has 1 aromatic carbocycles. The van der Waals surface area contributed by atoms with E-state index in [1.54, 1.807) is 47.7 Å². The smallest absolute Gasteiger partial charge is 0.444 e. The predicted octanol–water partition coefficient (Wildman–Crippen LogP) is 4.18. The van der Waals surface area contributed by atoms with E-state index in [0.717, 1.165) is 11.1 Å². The van der Waals surface area contributed by atoms with E-state index in [-0.39, 0.29) is 6.54 Å². The second-order valence-electron chi connectivity index (χ2n) is 10.1. The largest absolute Gasteiger partial charge is 0.509 e. The number of carbonyl (C=O) groups is 2. The summed E-state index contributed by atoms with van der Waals surface area (Å²) in [5.41, 5.74) is 0.290. The normalized spacial score (nSPS) is 21.1. The lowest BCUT2D eigenvalue weighted by Crippen LogP contribution is -2.43. The second-order valence-corrected chi connectivity index (χ2v) is 10.1. The number of rotatable bonds is 4. The molecule has 1 amide bonds. The zero-order valence-electron chi connectivity index (χ0n) is 19.9. The van der Waals surface area contributed by atoms with E-state index in [4.69, 9.17) is 18.6 Å². The Bertz CT molecular complexity index is 943. The number of ether oxygens (including phenoxy) is 3. The number of carbonyl (C=O) groups excluding carboxylic acids is 2. The van der Waals surface area contributed by atoms with Crippen LogP contribution in [0, 0.1) is 0 Å². The first-order chi connectivity index (χ1) is 15.3. The molecular formula is C24H32N2O7. The molecule has 9 nitrogen and oxygen atoms in total. The molecule has 3 rings (SSSR count). The molecular weight excluding hydrogens is 428 g/mol. The van der Waals surface area contributed by atoms with Crippen LogP contribution in [0.1, 0.15) is 47.1 Å². The van der Waals surface area contributed by atoms with Crippen molar-refractivity contribution < 1.29 is 33.3 Å². The first kappa shape index (κ1) is 24.6. The minimum absolute atomic E-state index is 0.00383. The molecule has 1 aliphatic heterocycles. The quantitative estimate of drug-likeness (QED) is 0.676. The summed E-state index contributed by atoms with van der Waals surface area (Å²) in [7, 11) is 0. The summed E-state index contributed by atoms with van der Waals surface area (Å²) >= 11 is 0. The van der Waals surface area contributed by atoms with E-state index in [2.05, 4.69) is 4.98 Å². The van der Waals surface area contributed by atoms with Gasteiger partial charge in [-0.25, -0.2) is 14.6 Å². The van der Waals surface area contributed by atoms with Gasteiger partial charge in [0.25, 0.3) is 0 Å². The van der Waals surface area contributed by atoms with Crippen LogP contribution in [-0.4, -0.2) is 63.2 Å². The molecule has 1 aliphatic rings. The summed E-state index contributed by atoms with van der Waals surface area (Å²) in [5.74, 6) is 0.642. The molecule has 2 aromatic rings.